The van der Waals surface area contributed by atoms with Crippen molar-refractivity contribution in [3.8, 4) is 5.75 Å². The van der Waals surface area contributed by atoms with E-state index in [0.717, 1.165) is 18.2 Å². The lowest BCUT2D eigenvalue weighted by Crippen LogP contribution is -2.31. The van der Waals surface area contributed by atoms with Gasteiger partial charge in [-0.05, 0) is 30.9 Å². The molecule has 0 radical (unpaired) electrons. The summed E-state index contributed by atoms with van der Waals surface area (Å²) in [5.74, 6) is 0.312. The number of alkyl halides is 1. The molecule has 1 unspecified atom stereocenters. The van der Waals surface area contributed by atoms with E-state index in [1.807, 2.05) is 0 Å². The molecule has 4 nitrogen and oxygen atoms in total. The zero-order valence-electron chi connectivity index (χ0n) is 11.7. The molecule has 1 heterocycles. The average molecular weight is 340 g/mol. The number of hydrogen-bond acceptors (Lipinski definition) is 3. The average Bonchev–Trinajstić information content (AvgIpc) is 2.69. The number of ether oxygens (including phenoxy) is 1. The highest BCUT2D eigenvalue weighted by Crippen LogP contribution is 2.32. The molecule has 0 fully saturated rings. The van der Waals surface area contributed by atoms with Crippen LogP contribution in [-0.4, -0.2) is 30.7 Å². The van der Waals surface area contributed by atoms with Crippen LogP contribution in [0.4, 0.5) is 5.69 Å². The number of benzene rings is 1. The number of carbonyl (C=O) groups excluding carboxylic acids is 2. The van der Waals surface area contributed by atoms with Crippen molar-refractivity contribution in [3.63, 3.8) is 0 Å². The van der Waals surface area contributed by atoms with Crippen LogP contribution in [0.1, 0.15) is 30.1 Å². The summed E-state index contributed by atoms with van der Waals surface area (Å²) in [6, 6.07) is 5.13. The first kappa shape index (κ1) is 15.0. The van der Waals surface area contributed by atoms with Gasteiger partial charge in [0, 0.05) is 17.9 Å². The minimum absolute atomic E-state index is 0.421. The quantitative estimate of drug-likeness (QED) is 0.591. The monoisotopic (exact) mass is 339 g/mol. The molecule has 1 amide bonds. The second kappa shape index (κ2) is 6.39. The van der Waals surface area contributed by atoms with Crippen molar-refractivity contribution in [1.29, 1.82) is 0 Å². The Morgan fingerprint density at radius 3 is 2.70 bits per heavy atom. The van der Waals surface area contributed by atoms with E-state index in [9.17, 15) is 9.59 Å². The Bertz CT molecular complexity index is 530. The predicted octanol–water partition coefficient (Wildman–Crippen LogP) is 3.04. The van der Waals surface area contributed by atoms with Crippen LogP contribution in [0.5, 0.6) is 5.75 Å². The van der Waals surface area contributed by atoms with Crippen molar-refractivity contribution in [3.05, 3.63) is 23.8 Å². The van der Waals surface area contributed by atoms with Gasteiger partial charge in [0.1, 0.15) is 5.75 Å². The van der Waals surface area contributed by atoms with Crippen LogP contribution in [0.15, 0.2) is 18.2 Å². The molecule has 0 saturated heterocycles. The molecule has 1 aliphatic heterocycles. The first-order valence-electron chi connectivity index (χ1n) is 6.68. The van der Waals surface area contributed by atoms with Crippen molar-refractivity contribution in [2.45, 2.75) is 19.8 Å². The van der Waals surface area contributed by atoms with Gasteiger partial charge in [-0.3, -0.25) is 9.59 Å². The van der Waals surface area contributed by atoms with Gasteiger partial charge >= 0.3 is 0 Å². The Kier molecular flexibility index (Phi) is 4.81. The van der Waals surface area contributed by atoms with Crippen molar-refractivity contribution in [2.75, 3.05) is 23.9 Å². The fourth-order valence-electron chi connectivity index (χ4n) is 2.30. The van der Waals surface area contributed by atoms with Crippen LogP contribution in [0, 0.1) is 5.92 Å². The molecular weight excluding hydrogens is 322 g/mol. The zero-order chi connectivity index (χ0) is 14.7. The Labute approximate surface area is 127 Å². The highest BCUT2D eigenvalue weighted by atomic mass is 79.9. The molecule has 108 valence electrons. The normalized spacial score (nSPS) is 15.4. The maximum atomic E-state index is 12.1. The fraction of sp³-hybridized carbons (Fsp3) is 0.467. The van der Waals surface area contributed by atoms with E-state index >= 15 is 0 Å². The van der Waals surface area contributed by atoms with Crippen LogP contribution >= 0.6 is 15.9 Å². The van der Waals surface area contributed by atoms with Gasteiger partial charge in [-0.25, -0.2) is 0 Å². The first-order valence-corrected chi connectivity index (χ1v) is 7.80. The number of anilines is 1. The third kappa shape index (κ3) is 2.87. The molecule has 20 heavy (non-hydrogen) atoms. The van der Waals surface area contributed by atoms with Crippen molar-refractivity contribution >= 4 is 33.3 Å². The van der Waals surface area contributed by atoms with E-state index in [0.29, 0.717) is 29.5 Å². The Hall–Kier alpha value is -1.36. The Morgan fingerprint density at radius 1 is 1.30 bits per heavy atom. The molecule has 0 aromatic heterocycles. The third-order valence-electron chi connectivity index (χ3n) is 3.63. The van der Waals surface area contributed by atoms with Crippen molar-refractivity contribution in [1.82, 2.24) is 0 Å². The zero-order valence-corrected chi connectivity index (χ0v) is 13.3. The summed E-state index contributed by atoms with van der Waals surface area (Å²) in [5.41, 5.74) is 1.15. The van der Waals surface area contributed by atoms with Crippen LogP contribution < -0.4 is 9.64 Å². The molecule has 1 aromatic carbocycles. The van der Waals surface area contributed by atoms with Gasteiger partial charge in [0.2, 0.25) is 0 Å². The van der Waals surface area contributed by atoms with Gasteiger partial charge in [-0.2, -0.15) is 0 Å². The lowest BCUT2D eigenvalue weighted by atomic mass is 10.1. The maximum absolute atomic E-state index is 12.1. The first-order chi connectivity index (χ1) is 9.58. The third-order valence-corrected chi connectivity index (χ3v) is 4.08. The number of hydrogen-bond donors (Lipinski definition) is 0. The molecule has 2 rings (SSSR count). The fourth-order valence-corrected chi connectivity index (χ4v) is 3.08. The van der Waals surface area contributed by atoms with E-state index in [1.165, 1.54) is 0 Å². The number of amides is 1. The number of methoxy groups -OCH3 is 1. The summed E-state index contributed by atoms with van der Waals surface area (Å²) in [4.78, 5) is 25.6. The number of fused-ring (bicyclic) bond motifs is 1. The molecule has 1 atom stereocenters. The number of halogens is 1. The summed E-state index contributed by atoms with van der Waals surface area (Å²) in [5, 5.41) is 0.950. The SMILES string of the molecule is COc1ccc2c(c1)N(CCC(C)CCBr)C(=O)C2=O. The summed E-state index contributed by atoms with van der Waals surface area (Å²) < 4.78 is 5.17. The predicted molar refractivity (Wildman–Crippen MR) is 81.9 cm³/mol. The molecular formula is C15H18BrNO3. The standard InChI is InChI=1S/C15H18BrNO3/c1-10(5-7-16)6-8-17-13-9-11(20-2)3-4-12(13)14(18)15(17)19/h3-4,9-10H,5-8H2,1-2H3. The van der Waals surface area contributed by atoms with Gasteiger partial charge in [-0.15, -0.1) is 0 Å². The van der Waals surface area contributed by atoms with E-state index in [1.54, 1.807) is 30.2 Å². The van der Waals surface area contributed by atoms with Gasteiger partial charge in [0.05, 0.1) is 18.4 Å². The second-order valence-electron chi connectivity index (χ2n) is 5.04. The van der Waals surface area contributed by atoms with E-state index in [2.05, 4.69) is 22.9 Å². The van der Waals surface area contributed by atoms with Crippen LogP contribution in [0.25, 0.3) is 0 Å². The number of rotatable bonds is 6. The summed E-state index contributed by atoms with van der Waals surface area (Å²) in [6.45, 7) is 2.72. The Morgan fingerprint density at radius 2 is 2.05 bits per heavy atom. The van der Waals surface area contributed by atoms with E-state index in [4.69, 9.17) is 4.74 Å². The molecule has 0 N–H and O–H groups in total. The maximum Gasteiger partial charge on any atom is 0.299 e. The van der Waals surface area contributed by atoms with Gasteiger partial charge in [-0.1, -0.05) is 22.9 Å². The summed E-state index contributed by atoms with van der Waals surface area (Å²) >= 11 is 3.42. The highest BCUT2D eigenvalue weighted by Gasteiger charge is 2.35. The molecule has 0 aliphatic carbocycles. The van der Waals surface area contributed by atoms with Gasteiger partial charge in [0.15, 0.2) is 0 Å². The Balaban J connectivity index is 2.18. The number of nitrogens with zero attached hydrogens (tertiary/aromatic N) is 1. The molecule has 0 saturated carbocycles. The van der Waals surface area contributed by atoms with Gasteiger partial charge < -0.3 is 9.64 Å². The second-order valence-corrected chi connectivity index (χ2v) is 5.83. The molecule has 0 spiro atoms. The van der Waals surface area contributed by atoms with Gasteiger partial charge in [0.25, 0.3) is 11.7 Å². The van der Waals surface area contributed by atoms with E-state index < -0.39 is 11.7 Å². The van der Waals surface area contributed by atoms with Crippen LogP contribution in [-0.2, 0) is 4.79 Å². The van der Waals surface area contributed by atoms with Crippen LogP contribution in [0.2, 0.25) is 0 Å². The smallest absolute Gasteiger partial charge is 0.299 e. The summed E-state index contributed by atoms with van der Waals surface area (Å²) in [6.07, 6.45) is 1.93. The van der Waals surface area contributed by atoms with Crippen molar-refractivity contribution < 1.29 is 14.3 Å². The lowest BCUT2D eigenvalue weighted by molar-refractivity contribution is -0.114. The number of Topliss-reactive ketones (excluding diaryl/α,β-unsaturated/α-hetero) is 1. The largest absolute Gasteiger partial charge is 0.497 e. The molecule has 1 aromatic rings. The van der Waals surface area contributed by atoms with E-state index in [-0.39, 0.29) is 0 Å². The molecule has 5 heteroatoms. The number of ketones is 1. The minimum Gasteiger partial charge on any atom is -0.497 e. The summed E-state index contributed by atoms with van der Waals surface area (Å²) in [7, 11) is 1.57. The number of carbonyl (C=O) groups is 2. The minimum atomic E-state index is -0.431. The van der Waals surface area contributed by atoms with Crippen LogP contribution in [0.3, 0.4) is 0 Å². The topological polar surface area (TPSA) is 46.6 Å². The van der Waals surface area contributed by atoms with Crippen molar-refractivity contribution in [2.24, 2.45) is 5.92 Å². The lowest BCUT2D eigenvalue weighted by Gasteiger charge is -2.19. The highest BCUT2D eigenvalue weighted by molar-refractivity contribution is 9.09. The molecule has 1 aliphatic rings. The molecule has 0 bridgehead atoms.